The molecule has 3 heterocycles. The second kappa shape index (κ2) is 9.20. The largest absolute Gasteiger partial charge is 0.336 e. The molecule has 1 unspecified atom stereocenters. The minimum atomic E-state index is -1.26. The zero-order chi connectivity index (χ0) is 22.0. The average Bonchev–Trinajstić information content (AvgIpc) is 3.19. The van der Waals surface area contributed by atoms with Gasteiger partial charge < -0.3 is 21.9 Å². The Morgan fingerprint density at radius 1 is 1.35 bits per heavy atom. The number of hydrogen-bond donors (Lipinski definition) is 6. The molecule has 1 aromatic carbocycles. The average molecular weight is 462 g/mol. The Morgan fingerprint density at radius 2 is 2.16 bits per heavy atom. The van der Waals surface area contributed by atoms with E-state index in [1.54, 1.807) is 29.3 Å². The number of hydrazine groups is 1. The fourth-order valence-electron chi connectivity index (χ4n) is 3.51. The van der Waals surface area contributed by atoms with Gasteiger partial charge in [0.25, 0.3) is 0 Å². The molecule has 1 aromatic heterocycles. The standard InChI is InChI=1S/C18H23N9O2S2/c19-25-17(26-20)15-12(1-2-13(16(15)30-21)31(29)11-8-22-9-11)10-3-4-23-14(7-10)27-6-5-24-18(27)28/h1-4,7,11,22H,5-6,8-9,19-21H2,(H,24,28)(H,25,26). The highest BCUT2D eigenvalue weighted by Crippen LogP contribution is 2.36. The van der Waals surface area contributed by atoms with Crippen molar-refractivity contribution in [1.29, 1.82) is 0 Å². The van der Waals surface area contributed by atoms with Crippen molar-refractivity contribution in [2.75, 3.05) is 31.1 Å². The van der Waals surface area contributed by atoms with Gasteiger partial charge in [-0.15, -0.1) is 0 Å². The van der Waals surface area contributed by atoms with Crippen LogP contribution < -0.4 is 37.8 Å². The first-order chi connectivity index (χ1) is 15.1. The van der Waals surface area contributed by atoms with Gasteiger partial charge in [0.2, 0.25) is 0 Å². The lowest BCUT2D eigenvalue weighted by atomic mass is 9.99. The molecule has 31 heavy (non-hydrogen) atoms. The number of nitrogens with one attached hydrogen (secondary N) is 3. The Hall–Kier alpha value is -2.71. The van der Waals surface area contributed by atoms with Crippen LogP contribution in [0.2, 0.25) is 0 Å². The molecule has 0 spiro atoms. The van der Waals surface area contributed by atoms with Crippen molar-refractivity contribution in [3.05, 3.63) is 36.0 Å². The van der Waals surface area contributed by atoms with E-state index in [9.17, 15) is 9.00 Å². The van der Waals surface area contributed by atoms with E-state index in [4.69, 9.17) is 16.8 Å². The Balaban J connectivity index is 1.86. The number of amides is 2. The maximum atomic E-state index is 13.1. The first kappa shape index (κ1) is 21.5. The summed E-state index contributed by atoms with van der Waals surface area (Å²) in [5.41, 5.74) is 4.52. The van der Waals surface area contributed by atoms with Crippen LogP contribution in [0, 0.1) is 0 Å². The van der Waals surface area contributed by atoms with E-state index in [1.807, 2.05) is 6.07 Å². The number of hydrazone groups is 1. The van der Waals surface area contributed by atoms with Crippen molar-refractivity contribution in [2.45, 2.75) is 15.0 Å². The highest BCUT2D eigenvalue weighted by molar-refractivity contribution is 7.98. The highest BCUT2D eigenvalue weighted by atomic mass is 32.2. The van der Waals surface area contributed by atoms with Gasteiger partial charge in [-0.2, -0.15) is 5.10 Å². The third-order valence-electron chi connectivity index (χ3n) is 5.20. The Kier molecular flexibility index (Phi) is 6.38. The van der Waals surface area contributed by atoms with Crippen molar-refractivity contribution in [3.8, 4) is 11.1 Å². The number of nitrogens with two attached hydrogens (primary N) is 3. The first-order valence-corrected chi connectivity index (χ1v) is 11.6. The predicted molar refractivity (Wildman–Crippen MR) is 122 cm³/mol. The summed E-state index contributed by atoms with van der Waals surface area (Å²) in [6.07, 6.45) is 1.62. The summed E-state index contributed by atoms with van der Waals surface area (Å²) in [4.78, 5) is 19.1. The SMILES string of the molecule is N/N=C(\NN)c1c(-c2ccnc(N3CCNC3=O)c2)ccc(S(=O)C2CNC2)c1SN. The number of anilines is 1. The van der Waals surface area contributed by atoms with Crippen molar-refractivity contribution >= 4 is 40.4 Å². The zero-order valence-corrected chi connectivity index (χ0v) is 18.1. The molecule has 2 saturated heterocycles. The monoisotopic (exact) mass is 461 g/mol. The summed E-state index contributed by atoms with van der Waals surface area (Å²) in [6.45, 7) is 2.44. The second-order valence-corrected chi connectivity index (χ2v) is 9.26. The highest BCUT2D eigenvalue weighted by Gasteiger charge is 2.29. The molecule has 0 saturated carbocycles. The van der Waals surface area contributed by atoms with Crippen LogP contribution in [0.4, 0.5) is 10.6 Å². The number of rotatable bonds is 6. The Morgan fingerprint density at radius 3 is 2.74 bits per heavy atom. The van der Waals surface area contributed by atoms with Gasteiger partial charge in [-0.25, -0.2) is 15.6 Å². The molecule has 2 aliphatic rings. The van der Waals surface area contributed by atoms with Crippen LogP contribution in [-0.2, 0) is 10.8 Å². The molecular weight excluding hydrogens is 438 g/mol. The van der Waals surface area contributed by atoms with Crippen molar-refractivity contribution in [1.82, 2.24) is 21.0 Å². The smallest absolute Gasteiger partial charge is 0.323 e. The summed E-state index contributed by atoms with van der Waals surface area (Å²) < 4.78 is 13.1. The summed E-state index contributed by atoms with van der Waals surface area (Å²) in [5, 5.41) is 15.7. The minimum absolute atomic E-state index is 0.00917. The van der Waals surface area contributed by atoms with Crippen LogP contribution in [-0.4, -0.2) is 52.5 Å². The van der Waals surface area contributed by atoms with Crippen LogP contribution in [0.3, 0.4) is 0 Å². The van der Waals surface area contributed by atoms with Gasteiger partial charge in [-0.05, 0) is 41.3 Å². The molecule has 2 amide bonds. The molecule has 164 valence electrons. The number of benzene rings is 1. The predicted octanol–water partition coefficient (Wildman–Crippen LogP) is -0.593. The maximum Gasteiger partial charge on any atom is 0.323 e. The number of hydrogen-bond acceptors (Lipinski definition) is 9. The minimum Gasteiger partial charge on any atom is -0.336 e. The van der Waals surface area contributed by atoms with Crippen molar-refractivity contribution in [2.24, 2.45) is 21.9 Å². The van der Waals surface area contributed by atoms with Crippen LogP contribution in [0.1, 0.15) is 5.56 Å². The second-order valence-electron chi connectivity index (χ2n) is 6.92. The lowest BCUT2D eigenvalue weighted by Gasteiger charge is -2.27. The summed E-state index contributed by atoms with van der Waals surface area (Å²) in [6, 6.07) is 7.04. The fraction of sp³-hybridized carbons (Fsp3) is 0.278. The van der Waals surface area contributed by atoms with Crippen molar-refractivity contribution < 1.29 is 9.00 Å². The van der Waals surface area contributed by atoms with Gasteiger partial charge in [-0.3, -0.25) is 14.2 Å². The van der Waals surface area contributed by atoms with E-state index in [1.165, 1.54) is 0 Å². The van der Waals surface area contributed by atoms with Crippen LogP contribution in [0.5, 0.6) is 0 Å². The first-order valence-electron chi connectivity index (χ1n) is 9.50. The number of carbonyl (C=O) groups is 1. The number of nitrogens with zero attached hydrogens (tertiary/aromatic N) is 3. The van der Waals surface area contributed by atoms with Gasteiger partial charge in [0, 0.05) is 37.9 Å². The summed E-state index contributed by atoms with van der Waals surface area (Å²) in [5.74, 6) is 12.0. The zero-order valence-electron chi connectivity index (χ0n) is 16.5. The van der Waals surface area contributed by atoms with E-state index >= 15 is 0 Å². The molecule has 13 heteroatoms. The van der Waals surface area contributed by atoms with Crippen LogP contribution in [0.15, 0.2) is 45.4 Å². The molecule has 2 aliphatic heterocycles. The molecule has 0 aliphatic carbocycles. The molecular formula is C18H23N9O2S2. The van der Waals surface area contributed by atoms with Crippen LogP contribution >= 0.6 is 11.9 Å². The third kappa shape index (κ3) is 3.97. The van der Waals surface area contributed by atoms with Gasteiger partial charge in [0.15, 0.2) is 5.84 Å². The third-order valence-corrected chi connectivity index (χ3v) is 7.70. The van der Waals surface area contributed by atoms with Gasteiger partial charge in [-0.1, -0.05) is 6.07 Å². The van der Waals surface area contributed by atoms with Gasteiger partial charge >= 0.3 is 6.03 Å². The van der Waals surface area contributed by atoms with E-state index in [0.29, 0.717) is 52.9 Å². The van der Waals surface area contributed by atoms with Gasteiger partial charge in [0.1, 0.15) is 5.82 Å². The molecule has 11 nitrogen and oxygen atoms in total. The lowest BCUT2D eigenvalue weighted by Crippen LogP contribution is -2.49. The molecule has 0 radical (unpaired) electrons. The van der Waals surface area contributed by atoms with E-state index < -0.39 is 10.8 Å². The molecule has 4 rings (SSSR count). The Labute approximate surface area is 185 Å². The molecule has 2 aromatic rings. The number of urea groups is 1. The molecule has 1 atom stereocenters. The number of amidine groups is 1. The summed E-state index contributed by atoms with van der Waals surface area (Å²) in [7, 11) is -1.26. The van der Waals surface area contributed by atoms with E-state index in [0.717, 1.165) is 17.5 Å². The fourth-order valence-corrected chi connectivity index (χ4v) is 5.79. The Bertz CT molecular complexity index is 1060. The van der Waals surface area contributed by atoms with E-state index in [2.05, 4.69) is 26.1 Å². The molecule has 0 bridgehead atoms. The number of aromatic nitrogens is 1. The van der Waals surface area contributed by atoms with Crippen molar-refractivity contribution in [3.63, 3.8) is 0 Å². The lowest BCUT2D eigenvalue weighted by molar-refractivity contribution is 0.252. The van der Waals surface area contributed by atoms with E-state index in [-0.39, 0.29) is 17.1 Å². The summed E-state index contributed by atoms with van der Waals surface area (Å²) >= 11 is 0.965. The normalized spacial score (nSPS) is 17.9. The van der Waals surface area contributed by atoms with Gasteiger partial charge in [0.05, 0.1) is 25.8 Å². The molecule has 9 N–H and O–H groups in total. The topological polar surface area (TPSA) is 177 Å². The maximum absolute atomic E-state index is 13.1. The van der Waals surface area contributed by atoms with Crippen LogP contribution in [0.25, 0.3) is 11.1 Å². The molecule has 2 fully saturated rings. The number of carbonyl (C=O) groups excluding carboxylic acids is 1. The number of pyridine rings is 1. The quantitative estimate of drug-likeness (QED) is 0.108.